The van der Waals surface area contributed by atoms with Gasteiger partial charge in [-0.1, -0.05) is 26.8 Å². The van der Waals surface area contributed by atoms with Gasteiger partial charge in [-0.2, -0.15) is 0 Å². The normalized spacial score (nSPS) is 10.9. The van der Waals surface area contributed by atoms with Crippen molar-refractivity contribution in [2.24, 2.45) is 5.41 Å². The molecule has 1 aromatic heterocycles. The Bertz CT molecular complexity index is 1090. The molecule has 3 amide bonds. The van der Waals surface area contributed by atoms with Crippen LogP contribution in [0, 0.1) is 19.3 Å². The number of amides is 3. The van der Waals surface area contributed by atoms with Gasteiger partial charge in [-0.3, -0.25) is 14.4 Å². The average Bonchev–Trinajstić information content (AvgIpc) is 3.04. The van der Waals surface area contributed by atoms with Crippen molar-refractivity contribution in [3.8, 4) is 5.75 Å². The number of benzene rings is 1. The van der Waals surface area contributed by atoms with Crippen molar-refractivity contribution >= 4 is 45.7 Å². The third-order valence-corrected chi connectivity index (χ3v) is 6.11. The molecule has 0 fully saturated rings. The topological polar surface area (TPSA) is 114 Å². The molecule has 2 aromatic rings. The lowest BCUT2D eigenvalue weighted by Crippen LogP contribution is -2.37. The van der Waals surface area contributed by atoms with Crippen LogP contribution in [-0.4, -0.2) is 55.9 Å². The van der Waals surface area contributed by atoms with Gasteiger partial charge in [0.05, 0.1) is 19.2 Å². The predicted molar refractivity (Wildman–Crippen MR) is 131 cm³/mol. The van der Waals surface area contributed by atoms with Crippen molar-refractivity contribution in [2.75, 3.05) is 37.9 Å². The van der Waals surface area contributed by atoms with Gasteiger partial charge in [-0.15, -0.1) is 11.3 Å². The Kier molecular flexibility index (Phi) is 8.80. The maximum absolute atomic E-state index is 12.8. The van der Waals surface area contributed by atoms with Crippen LogP contribution < -0.4 is 15.4 Å². The molecular formula is C24H31N3O6S. The van der Waals surface area contributed by atoms with Crippen molar-refractivity contribution in [2.45, 2.75) is 34.6 Å². The van der Waals surface area contributed by atoms with Crippen LogP contribution in [0.15, 0.2) is 24.3 Å². The number of hydrogen-bond acceptors (Lipinski definition) is 7. The van der Waals surface area contributed by atoms with Gasteiger partial charge in [0.2, 0.25) is 11.8 Å². The zero-order valence-electron chi connectivity index (χ0n) is 20.5. The molecule has 0 saturated carbocycles. The van der Waals surface area contributed by atoms with Crippen molar-refractivity contribution in [1.82, 2.24) is 4.90 Å². The number of ether oxygens (including phenoxy) is 2. The monoisotopic (exact) mass is 489 g/mol. The fourth-order valence-electron chi connectivity index (χ4n) is 2.77. The zero-order chi connectivity index (χ0) is 25.6. The standard InChI is InChI=1S/C24H31N3O6S/c1-14-15(2)34-21(26-23(31)24(3,4)5)20(14)22(30)33-13-19(29)27(6)12-18(28)25-16-9-8-10-17(11-16)32-7/h8-11H,12-13H2,1-7H3,(H,25,28)(H,26,31). The number of aryl methyl sites for hydroxylation is 1. The molecule has 0 bridgehead atoms. The summed E-state index contributed by atoms with van der Waals surface area (Å²) in [6.45, 7) is 8.14. The zero-order valence-corrected chi connectivity index (χ0v) is 21.3. The molecule has 0 unspecified atom stereocenters. The van der Waals surface area contributed by atoms with E-state index < -0.39 is 29.8 Å². The molecule has 34 heavy (non-hydrogen) atoms. The van der Waals surface area contributed by atoms with E-state index >= 15 is 0 Å². The number of hydrogen-bond donors (Lipinski definition) is 2. The summed E-state index contributed by atoms with van der Waals surface area (Å²) in [6, 6.07) is 6.83. The number of nitrogens with one attached hydrogen (secondary N) is 2. The van der Waals surface area contributed by atoms with E-state index in [-0.39, 0.29) is 18.0 Å². The summed E-state index contributed by atoms with van der Waals surface area (Å²) in [7, 11) is 2.96. The first-order valence-corrected chi connectivity index (χ1v) is 11.4. The van der Waals surface area contributed by atoms with Crippen LogP contribution in [0.25, 0.3) is 0 Å². The van der Waals surface area contributed by atoms with Gasteiger partial charge < -0.3 is 25.0 Å². The van der Waals surface area contributed by atoms with Gasteiger partial charge in [0.25, 0.3) is 5.91 Å². The lowest BCUT2D eigenvalue weighted by molar-refractivity contribution is -0.136. The summed E-state index contributed by atoms with van der Waals surface area (Å²) >= 11 is 1.28. The van der Waals surface area contributed by atoms with Crippen LogP contribution in [0.5, 0.6) is 5.75 Å². The van der Waals surface area contributed by atoms with Crippen LogP contribution in [0.1, 0.15) is 41.6 Å². The number of esters is 1. The molecule has 2 N–H and O–H groups in total. The fourth-order valence-corrected chi connectivity index (χ4v) is 3.81. The molecule has 0 spiro atoms. The summed E-state index contributed by atoms with van der Waals surface area (Å²) in [5, 5.41) is 5.85. The number of likely N-dealkylation sites (N-methyl/N-ethyl adjacent to an activating group) is 1. The highest BCUT2D eigenvalue weighted by molar-refractivity contribution is 7.16. The quantitative estimate of drug-likeness (QED) is 0.548. The summed E-state index contributed by atoms with van der Waals surface area (Å²) in [6.07, 6.45) is 0. The largest absolute Gasteiger partial charge is 0.497 e. The molecular weight excluding hydrogens is 458 g/mol. The van der Waals surface area contributed by atoms with E-state index in [2.05, 4.69) is 10.6 Å². The first kappa shape index (κ1) is 26.8. The van der Waals surface area contributed by atoms with Crippen LogP contribution in [0.3, 0.4) is 0 Å². The van der Waals surface area contributed by atoms with Crippen LogP contribution in [-0.2, 0) is 19.1 Å². The molecule has 1 heterocycles. The lowest BCUT2D eigenvalue weighted by Gasteiger charge is -2.18. The molecule has 1 aromatic carbocycles. The van der Waals surface area contributed by atoms with Gasteiger partial charge in [0, 0.05) is 29.1 Å². The van der Waals surface area contributed by atoms with Gasteiger partial charge >= 0.3 is 5.97 Å². The highest BCUT2D eigenvalue weighted by Crippen LogP contribution is 2.34. The molecule has 0 saturated heterocycles. The number of rotatable bonds is 8. The second-order valence-corrected chi connectivity index (χ2v) is 10.0. The van der Waals surface area contributed by atoms with E-state index in [1.807, 2.05) is 6.92 Å². The van der Waals surface area contributed by atoms with Crippen molar-refractivity contribution in [1.29, 1.82) is 0 Å². The minimum Gasteiger partial charge on any atom is -0.497 e. The second-order valence-electron chi connectivity index (χ2n) is 8.80. The molecule has 0 aliphatic carbocycles. The molecule has 2 rings (SSSR count). The summed E-state index contributed by atoms with van der Waals surface area (Å²) in [5.74, 6) is -1.31. The first-order valence-electron chi connectivity index (χ1n) is 10.6. The maximum Gasteiger partial charge on any atom is 0.341 e. The Morgan fingerprint density at radius 1 is 1.09 bits per heavy atom. The van der Waals surface area contributed by atoms with Gasteiger partial charge in [0.1, 0.15) is 10.8 Å². The highest BCUT2D eigenvalue weighted by atomic mass is 32.1. The predicted octanol–water partition coefficient (Wildman–Crippen LogP) is 3.61. The number of nitrogens with zero attached hydrogens (tertiary/aromatic N) is 1. The SMILES string of the molecule is COc1cccc(NC(=O)CN(C)C(=O)COC(=O)c2c(NC(=O)C(C)(C)C)sc(C)c2C)c1. The van der Waals surface area contributed by atoms with E-state index in [1.54, 1.807) is 52.0 Å². The van der Waals surface area contributed by atoms with E-state index in [0.717, 1.165) is 9.78 Å². The van der Waals surface area contributed by atoms with E-state index in [4.69, 9.17) is 9.47 Å². The second kappa shape index (κ2) is 11.1. The van der Waals surface area contributed by atoms with Gasteiger partial charge in [-0.25, -0.2) is 4.79 Å². The number of thiophene rings is 1. The van der Waals surface area contributed by atoms with E-state index in [0.29, 0.717) is 22.0 Å². The number of anilines is 2. The van der Waals surface area contributed by atoms with Crippen molar-refractivity contribution in [3.63, 3.8) is 0 Å². The molecule has 10 heteroatoms. The maximum atomic E-state index is 12.8. The van der Waals surface area contributed by atoms with Crippen LogP contribution in [0.2, 0.25) is 0 Å². The van der Waals surface area contributed by atoms with Gasteiger partial charge in [-0.05, 0) is 31.5 Å². The highest BCUT2D eigenvalue weighted by Gasteiger charge is 2.27. The molecule has 0 radical (unpaired) electrons. The minimum absolute atomic E-state index is 0.225. The fraction of sp³-hybridized carbons (Fsp3) is 0.417. The van der Waals surface area contributed by atoms with E-state index in [9.17, 15) is 19.2 Å². The summed E-state index contributed by atoms with van der Waals surface area (Å²) < 4.78 is 10.3. The summed E-state index contributed by atoms with van der Waals surface area (Å²) in [5.41, 5.74) is 0.797. The molecule has 0 atom stereocenters. The molecule has 184 valence electrons. The number of carbonyl (C=O) groups is 4. The van der Waals surface area contributed by atoms with Crippen molar-refractivity contribution in [3.05, 3.63) is 40.3 Å². The average molecular weight is 490 g/mol. The Balaban J connectivity index is 1.97. The number of carbonyl (C=O) groups excluding carboxylic acids is 4. The molecule has 9 nitrogen and oxygen atoms in total. The molecule has 0 aliphatic rings. The minimum atomic E-state index is -0.714. The summed E-state index contributed by atoms with van der Waals surface area (Å²) in [4.78, 5) is 51.9. The Hall–Kier alpha value is -3.40. The van der Waals surface area contributed by atoms with Gasteiger partial charge in [0.15, 0.2) is 6.61 Å². The Morgan fingerprint density at radius 3 is 2.38 bits per heavy atom. The van der Waals surface area contributed by atoms with Crippen molar-refractivity contribution < 1.29 is 28.7 Å². The third-order valence-electron chi connectivity index (χ3n) is 4.98. The molecule has 0 aliphatic heterocycles. The van der Waals surface area contributed by atoms with Crippen LogP contribution >= 0.6 is 11.3 Å². The smallest absolute Gasteiger partial charge is 0.341 e. The Morgan fingerprint density at radius 2 is 1.76 bits per heavy atom. The van der Waals surface area contributed by atoms with E-state index in [1.165, 1.54) is 25.5 Å². The third kappa shape index (κ3) is 7.05. The van der Waals surface area contributed by atoms with Crippen LogP contribution in [0.4, 0.5) is 10.7 Å². The number of methoxy groups -OCH3 is 1. The lowest BCUT2D eigenvalue weighted by atomic mass is 9.96. The first-order chi connectivity index (χ1) is 15.8. The Labute approximate surface area is 203 Å².